The van der Waals surface area contributed by atoms with Crippen LogP contribution in [0.3, 0.4) is 0 Å². The van der Waals surface area contributed by atoms with Crippen molar-refractivity contribution < 1.29 is 4.74 Å². The maximum atomic E-state index is 5.22. The Hall–Kier alpha value is -1.39. The molecule has 0 saturated carbocycles. The lowest BCUT2D eigenvalue weighted by Crippen LogP contribution is -2.03. The van der Waals surface area contributed by atoms with Gasteiger partial charge in [0.15, 0.2) is 0 Å². The zero-order valence-electron chi connectivity index (χ0n) is 10.2. The highest BCUT2D eigenvalue weighted by atomic mass is 79.9. The molecule has 1 aromatic carbocycles. The number of halogens is 1. The molecule has 4 heteroatoms. The summed E-state index contributed by atoms with van der Waals surface area (Å²) in [4.78, 5) is 4.01. The van der Waals surface area contributed by atoms with Crippen LogP contribution in [0.15, 0.2) is 47.2 Å². The molecule has 0 unspecified atom stereocenters. The number of methoxy groups -OCH3 is 1. The third kappa shape index (κ3) is 3.31. The number of ether oxygens (including phenoxy) is 1. The van der Waals surface area contributed by atoms with Crippen LogP contribution >= 0.6 is 15.9 Å². The van der Waals surface area contributed by atoms with E-state index in [2.05, 4.69) is 32.3 Å². The van der Waals surface area contributed by atoms with E-state index in [-0.39, 0.29) is 0 Å². The highest BCUT2D eigenvalue weighted by Gasteiger charge is 2.05. The minimum atomic E-state index is 0.583. The normalized spacial score (nSPS) is 10.3. The Labute approximate surface area is 115 Å². The van der Waals surface area contributed by atoms with Crippen LogP contribution < -0.4 is 5.32 Å². The standard InChI is InChI=1S/C14H15BrN2O/c1-18-10-12-13(15)3-2-4-14(12)17-9-11-5-7-16-8-6-11/h2-8,17H,9-10H2,1H3. The molecule has 1 aromatic heterocycles. The van der Waals surface area contributed by atoms with Crippen molar-refractivity contribution in [2.45, 2.75) is 13.2 Å². The molecule has 0 saturated heterocycles. The highest BCUT2D eigenvalue weighted by molar-refractivity contribution is 9.10. The monoisotopic (exact) mass is 306 g/mol. The number of nitrogens with zero attached hydrogens (tertiary/aromatic N) is 1. The van der Waals surface area contributed by atoms with Gasteiger partial charge in [0.05, 0.1) is 6.61 Å². The summed E-state index contributed by atoms with van der Waals surface area (Å²) < 4.78 is 6.28. The number of hydrogen-bond donors (Lipinski definition) is 1. The molecule has 0 aliphatic carbocycles. The summed E-state index contributed by atoms with van der Waals surface area (Å²) in [7, 11) is 1.70. The van der Waals surface area contributed by atoms with E-state index in [4.69, 9.17) is 4.74 Å². The number of nitrogens with one attached hydrogen (secondary N) is 1. The van der Waals surface area contributed by atoms with Gasteiger partial charge < -0.3 is 10.1 Å². The summed E-state index contributed by atoms with van der Waals surface area (Å²) in [5.74, 6) is 0. The average molecular weight is 307 g/mol. The number of pyridine rings is 1. The molecule has 0 spiro atoms. The van der Waals surface area contributed by atoms with Gasteiger partial charge in [-0.05, 0) is 29.8 Å². The second-order valence-corrected chi connectivity index (χ2v) is 4.76. The SMILES string of the molecule is COCc1c(Br)cccc1NCc1ccncc1. The maximum absolute atomic E-state index is 5.22. The summed E-state index contributed by atoms with van der Waals surface area (Å²) in [6.45, 7) is 1.36. The minimum Gasteiger partial charge on any atom is -0.381 e. The minimum absolute atomic E-state index is 0.583. The van der Waals surface area contributed by atoms with Gasteiger partial charge in [-0.2, -0.15) is 0 Å². The van der Waals surface area contributed by atoms with Gasteiger partial charge in [0.2, 0.25) is 0 Å². The predicted octanol–water partition coefficient (Wildman–Crippen LogP) is 3.60. The molecule has 0 fully saturated rings. The first-order chi connectivity index (χ1) is 8.81. The zero-order chi connectivity index (χ0) is 12.8. The number of aromatic nitrogens is 1. The lowest BCUT2D eigenvalue weighted by Gasteiger charge is -2.13. The van der Waals surface area contributed by atoms with Crippen LogP contribution in [0.25, 0.3) is 0 Å². The van der Waals surface area contributed by atoms with Gasteiger partial charge in [0.1, 0.15) is 0 Å². The number of rotatable bonds is 5. The molecule has 0 aliphatic rings. The second kappa shape index (κ2) is 6.52. The van der Waals surface area contributed by atoms with E-state index in [1.807, 2.05) is 24.3 Å². The fourth-order valence-electron chi connectivity index (χ4n) is 1.71. The van der Waals surface area contributed by atoms with Gasteiger partial charge in [-0.3, -0.25) is 4.98 Å². The van der Waals surface area contributed by atoms with Crippen LogP contribution in [-0.2, 0) is 17.9 Å². The van der Waals surface area contributed by atoms with Gasteiger partial charge in [0.25, 0.3) is 0 Å². The molecule has 0 bridgehead atoms. The Bertz CT molecular complexity index is 502. The van der Waals surface area contributed by atoms with Crippen molar-refractivity contribution in [1.29, 1.82) is 0 Å². The van der Waals surface area contributed by atoms with Gasteiger partial charge >= 0.3 is 0 Å². The summed E-state index contributed by atoms with van der Waals surface area (Å²) in [6, 6.07) is 10.1. The van der Waals surface area contributed by atoms with Crippen molar-refractivity contribution in [1.82, 2.24) is 4.98 Å². The molecular weight excluding hydrogens is 292 g/mol. The fourth-order valence-corrected chi connectivity index (χ4v) is 2.19. The third-order valence-electron chi connectivity index (χ3n) is 2.64. The molecule has 1 heterocycles. The number of benzene rings is 1. The molecular formula is C14H15BrN2O. The molecule has 0 aliphatic heterocycles. The van der Waals surface area contributed by atoms with E-state index in [1.54, 1.807) is 19.5 Å². The smallest absolute Gasteiger partial charge is 0.0744 e. The van der Waals surface area contributed by atoms with Gasteiger partial charge in [0, 0.05) is 41.8 Å². The topological polar surface area (TPSA) is 34.1 Å². The van der Waals surface area contributed by atoms with Crippen molar-refractivity contribution in [3.8, 4) is 0 Å². The molecule has 94 valence electrons. The van der Waals surface area contributed by atoms with Gasteiger partial charge in [-0.15, -0.1) is 0 Å². The summed E-state index contributed by atoms with van der Waals surface area (Å²) in [6.07, 6.45) is 3.60. The van der Waals surface area contributed by atoms with E-state index < -0.39 is 0 Å². The first kappa shape index (κ1) is 13.1. The van der Waals surface area contributed by atoms with Crippen molar-refractivity contribution in [3.63, 3.8) is 0 Å². The van der Waals surface area contributed by atoms with Crippen LogP contribution in [0.4, 0.5) is 5.69 Å². The van der Waals surface area contributed by atoms with Crippen LogP contribution in [0.2, 0.25) is 0 Å². The van der Waals surface area contributed by atoms with Crippen LogP contribution in [-0.4, -0.2) is 12.1 Å². The Kier molecular flexibility index (Phi) is 4.73. The molecule has 2 rings (SSSR count). The van der Waals surface area contributed by atoms with E-state index in [0.29, 0.717) is 6.61 Å². The van der Waals surface area contributed by atoms with E-state index in [0.717, 1.165) is 22.3 Å². The Morgan fingerprint density at radius 2 is 2.00 bits per heavy atom. The summed E-state index contributed by atoms with van der Waals surface area (Å²) >= 11 is 3.54. The Balaban J connectivity index is 2.11. The van der Waals surface area contributed by atoms with Crippen molar-refractivity contribution in [2.24, 2.45) is 0 Å². The molecule has 18 heavy (non-hydrogen) atoms. The Morgan fingerprint density at radius 3 is 2.72 bits per heavy atom. The highest BCUT2D eigenvalue weighted by Crippen LogP contribution is 2.25. The van der Waals surface area contributed by atoms with Crippen LogP contribution in [0.5, 0.6) is 0 Å². The van der Waals surface area contributed by atoms with Crippen molar-refractivity contribution in [2.75, 3.05) is 12.4 Å². The number of hydrogen-bond acceptors (Lipinski definition) is 3. The lowest BCUT2D eigenvalue weighted by molar-refractivity contribution is 0.185. The van der Waals surface area contributed by atoms with Crippen LogP contribution in [0.1, 0.15) is 11.1 Å². The third-order valence-corrected chi connectivity index (χ3v) is 3.38. The average Bonchev–Trinajstić information content (AvgIpc) is 2.41. The van der Waals surface area contributed by atoms with Gasteiger partial charge in [-0.25, -0.2) is 0 Å². The molecule has 1 N–H and O–H groups in total. The maximum Gasteiger partial charge on any atom is 0.0744 e. The molecule has 2 aromatic rings. The summed E-state index contributed by atoms with van der Waals surface area (Å²) in [5, 5.41) is 3.42. The molecule has 3 nitrogen and oxygen atoms in total. The fraction of sp³-hybridized carbons (Fsp3) is 0.214. The van der Waals surface area contributed by atoms with Crippen molar-refractivity contribution in [3.05, 3.63) is 58.3 Å². The van der Waals surface area contributed by atoms with E-state index in [1.165, 1.54) is 5.56 Å². The molecule has 0 atom stereocenters. The molecule has 0 amide bonds. The zero-order valence-corrected chi connectivity index (χ0v) is 11.8. The quantitative estimate of drug-likeness (QED) is 0.916. The molecule has 0 radical (unpaired) electrons. The lowest BCUT2D eigenvalue weighted by atomic mass is 10.1. The number of anilines is 1. The largest absolute Gasteiger partial charge is 0.381 e. The summed E-state index contributed by atoms with van der Waals surface area (Å²) in [5.41, 5.74) is 3.42. The first-order valence-corrected chi connectivity index (χ1v) is 6.49. The Morgan fingerprint density at radius 1 is 1.22 bits per heavy atom. The van der Waals surface area contributed by atoms with E-state index >= 15 is 0 Å². The van der Waals surface area contributed by atoms with Gasteiger partial charge in [-0.1, -0.05) is 22.0 Å². The van der Waals surface area contributed by atoms with Crippen LogP contribution in [0, 0.1) is 0 Å². The first-order valence-electron chi connectivity index (χ1n) is 5.70. The van der Waals surface area contributed by atoms with E-state index in [9.17, 15) is 0 Å². The predicted molar refractivity (Wildman–Crippen MR) is 76.4 cm³/mol. The van der Waals surface area contributed by atoms with Crippen molar-refractivity contribution >= 4 is 21.6 Å². The second-order valence-electron chi connectivity index (χ2n) is 3.91.